The van der Waals surface area contributed by atoms with Crippen molar-refractivity contribution in [3.8, 4) is 0 Å². The average Bonchev–Trinajstić information content (AvgIpc) is 2.62. The van der Waals surface area contributed by atoms with Crippen molar-refractivity contribution in [2.24, 2.45) is 0 Å². The Balaban J connectivity index is 2.34. The van der Waals surface area contributed by atoms with Crippen LogP contribution in [0.5, 0.6) is 0 Å². The van der Waals surface area contributed by atoms with Crippen molar-refractivity contribution in [2.75, 3.05) is 7.11 Å². The van der Waals surface area contributed by atoms with Crippen LogP contribution in [0.25, 0.3) is 0 Å². The van der Waals surface area contributed by atoms with E-state index >= 15 is 0 Å². The molecule has 1 aliphatic rings. The van der Waals surface area contributed by atoms with Crippen LogP contribution >= 0.6 is 0 Å². The molecule has 6 heteroatoms. The summed E-state index contributed by atoms with van der Waals surface area (Å²) in [7, 11) is 1.29. The SMILES string of the molecule is COC(=O)C[C@H](NC(=O)C1=C(C(=O)[O-])CCCC1)c1cc(C)ccc1C. The largest absolute Gasteiger partial charge is 0.545 e. The summed E-state index contributed by atoms with van der Waals surface area (Å²) >= 11 is 0. The number of carboxylic acid groups (broad SMARTS) is 1. The predicted octanol–water partition coefficient (Wildman–Crippen LogP) is 1.64. The lowest BCUT2D eigenvalue weighted by molar-refractivity contribution is -0.299. The molecule has 2 rings (SSSR count). The monoisotopic (exact) mass is 358 g/mol. The van der Waals surface area contributed by atoms with E-state index in [0.717, 1.165) is 29.5 Å². The Kier molecular flexibility index (Phi) is 6.55. The summed E-state index contributed by atoms with van der Waals surface area (Å²) in [6, 6.07) is 5.20. The molecule has 1 aromatic rings. The first-order valence-corrected chi connectivity index (χ1v) is 8.71. The van der Waals surface area contributed by atoms with Crippen LogP contribution in [-0.2, 0) is 19.1 Å². The van der Waals surface area contributed by atoms with Gasteiger partial charge in [-0.3, -0.25) is 9.59 Å². The third-order valence-corrected chi connectivity index (χ3v) is 4.70. The topological polar surface area (TPSA) is 95.5 Å². The summed E-state index contributed by atoms with van der Waals surface area (Å²) in [6.45, 7) is 3.83. The Morgan fingerprint density at radius 3 is 2.42 bits per heavy atom. The third kappa shape index (κ3) is 4.71. The van der Waals surface area contributed by atoms with Crippen LogP contribution in [0.1, 0.15) is 54.8 Å². The van der Waals surface area contributed by atoms with Crippen LogP contribution < -0.4 is 10.4 Å². The van der Waals surface area contributed by atoms with E-state index in [4.69, 9.17) is 4.74 Å². The molecule has 0 unspecified atom stereocenters. The second-order valence-corrected chi connectivity index (χ2v) is 6.62. The summed E-state index contributed by atoms with van der Waals surface area (Å²) in [5, 5.41) is 14.2. The highest BCUT2D eigenvalue weighted by atomic mass is 16.5. The number of carbonyl (C=O) groups excluding carboxylic acids is 3. The Hall–Kier alpha value is -2.63. The van der Waals surface area contributed by atoms with Crippen LogP contribution in [0.2, 0.25) is 0 Å². The molecule has 0 radical (unpaired) electrons. The maximum absolute atomic E-state index is 12.8. The number of carbonyl (C=O) groups is 3. The van der Waals surface area contributed by atoms with Crippen LogP contribution in [0.3, 0.4) is 0 Å². The van der Waals surface area contributed by atoms with Crippen molar-refractivity contribution in [1.29, 1.82) is 0 Å². The third-order valence-electron chi connectivity index (χ3n) is 4.70. The fourth-order valence-electron chi connectivity index (χ4n) is 3.25. The highest BCUT2D eigenvalue weighted by Gasteiger charge is 2.25. The van der Waals surface area contributed by atoms with E-state index in [0.29, 0.717) is 12.8 Å². The molecule has 0 spiro atoms. The van der Waals surface area contributed by atoms with Crippen molar-refractivity contribution in [3.63, 3.8) is 0 Å². The molecule has 0 saturated carbocycles. The minimum Gasteiger partial charge on any atom is -0.545 e. The van der Waals surface area contributed by atoms with Crippen molar-refractivity contribution in [1.82, 2.24) is 5.32 Å². The summed E-state index contributed by atoms with van der Waals surface area (Å²) in [5.41, 5.74) is 3.06. The smallest absolute Gasteiger partial charge is 0.307 e. The Labute approximate surface area is 153 Å². The van der Waals surface area contributed by atoms with Crippen molar-refractivity contribution in [3.05, 3.63) is 46.0 Å². The molecule has 0 fully saturated rings. The molecule has 1 N–H and O–H groups in total. The lowest BCUT2D eigenvalue weighted by Crippen LogP contribution is -2.35. The minimum atomic E-state index is -1.30. The normalized spacial score (nSPS) is 15.3. The van der Waals surface area contributed by atoms with Gasteiger partial charge in [0.25, 0.3) is 0 Å². The molecule has 0 saturated heterocycles. The molecule has 0 aliphatic heterocycles. The van der Waals surface area contributed by atoms with Crippen LogP contribution in [0, 0.1) is 13.8 Å². The number of aliphatic carboxylic acids is 1. The molecule has 26 heavy (non-hydrogen) atoms. The van der Waals surface area contributed by atoms with E-state index < -0.39 is 23.9 Å². The number of hydrogen-bond donors (Lipinski definition) is 1. The highest BCUT2D eigenvalue weighted by molar-refractivity contribution is 6.02. The number of hydrogen-bond acceptors (Lipinski definition) is 5. The fourth-order valence-corrected chi connectivity index (χ4v) is 3.25. The highest BCUT2D eigenvalue weighted by Crippen LogP contribution is 2.27. The molecule has 0 aromatic heterocycles. The number of ether oxygens (including phenoxy) is 1. The molecule has 1 amide bonds. The first-order chi connectivity index (χ1) is 12.3. The van der Waals surface area contributed by atoms with Gasteiger partial charge in [-0.2, -0.15) is 0 Å². The van der Waals surface area contributed by atoms with Gasteiger partial charge in [0.05, 0.1) is 25.5 Å². The van der Waals surface area contributed by atoms with Crippen LogP contribution in [-0.4, -0.2) is 25.0 Å². The van der Waals surface area contributed by atoms with E-state index in [9.17, 15) is 19.5 Å². The molecule has 1 aliphatic carbocycles. The summed E-state index contributed by atoms with van der Waals surface area (Å²) in [4.78, 5) is 35.9. The second kappa shape index (κ2) is 8.65. The molecule has 140 valence electrons. The van der Waals surface area contributed by atoms with Crippen molar-refractivity contribution in [2.45, 2.75) is 52.0 Å². The molecular weight excluding hydrogens is 334 g/mol. The Bertz CT molecular complexity index is 751. The number of benzene rings is 1. The fraction of sp³-hybridized carbons (Fsp3) is 0.450. The van der Waals surface area contributed by atoms with Gasteiger partial charge in [0.15, 0.2) is 0 Å². The minimum absolute atomic E-state index is 0.0273. The van der Waals surface area contributed by atoms with Gasteiger partial charge in [-0.1, -0.05) is 23.8 Å². The van der Waals surface area contributed by atoms with Gasteiger partial charge in [0.2, 0.25) is 5.91 Å². The second-order valence-electron chi connectivity index (χ2n) is 6.62. The summed E-state index contributed by atoms with van der Waals surface area (Å²) < 4.78 is 4.75. The van der Waals surface area contributed by atoms with E-state index in [1.807, 2.05) is 32.0 Å². The molecule has 6 nitrogen and oxygen atoms in total. The lowest BCUT2D eigenvalue weighted by Gasteiger charge is -2.25. The zero-order valence-corrected chi connectivity index (χ0v) is 15.4. The van der Waals surface area contributed by atoms with Gasteiger partial charge in [0.1, 0.15) is 0 Å². The van der Waals surface area contributed by atoms with E-state index in [-0.39, 0.29) is 17.6 Å². The lowest BCUT2D eigenvalue weighted by atomic mass is 9.90. The van der Waals surface area contributed by atoms with E-state index in [1.54, 1.807) is 0 Å². The quantitative estimate of drug-likeness (QED) is 0.780. The van der Waals surface area contributed by atoms with Gasteiger partial charge in [-0.25, -0.2) is 0 Å². The molecule has 0 bridgehead atoms. The number of esters is 1. The van der Waals surface area contributed by atoms with Gasteiger partial charge < -0.3 is 20.0 Å². The number of methoxy groups -OCH3 is 1. The summed E-state index contributed by atoms with van der Waals surface area (Å²) in [6.07, 6.45) is 2.18. The molecule has 1 aromatic carbocycles. The van der Waals surface area contributed by atoms with E-state index in [2.05, 4.69) is 5.32 Å². The Morgan fingerprint density at radius 1 is 1.15 bits per heavy atom. The Morgan fingerprint density at radius 2 is 1.81 bits per heavy atom. The maximum Gasteiger partial charge on any atom is 0.307 e. The predicted molar refractivity (Wildman–Crippen MR) is 93.9 cm³/mol. The van der Waals surface area contributed by atoms with Gasteiger partial charge >= 0.3 is 5.97 Å². The van der Waals surface area contributed by atoms with Gasteiger partial charge in [0, 0.05) is 5.57 Å². The first kappa shape index (κ1) is 19.7. The van der Waals surface area contributed by atoms with E-state index in [1.165, 1.54) is 7.11 Å². The number of aryl methyl sites for hydroxylation is 2. The average molecular weight is 358 g/mol. The van der Waals surface area contributed by atoms with Gasteiger partial charge in [-0.05, 0) is 56.2 Å². The zero-order chi connectivity index (χ0) is 19.3. The van der Waals surface area contributed by atoms with Crippen molar-refractivity contribution < 1.29 is 24.2 Å². The standard InChI is InChI=1S/C20H25NO5/c1-12-8-9-13(2)16(10-12)17(11-18(22)26-3)21-19(23)14-6-4-5-7-15(14)20(24)25/h8-10,17H,4-7,11H2,1-3H3,(H,21,23)(H,24,25)/p-1/t17-/m0/s1. The first-order valence-electron chi connectivity index (χ1n) is 8.71. The van der Waals surface area contributed by atoms with Crippen LogP contribution in [0.4, 0.5) is 0 Å². The number of rotatable bonds is 6. The number of carboxylic acids is 1. The van der Waals surface area contributed by atoms with Crippen molar-refractivity contribution >= 4 is 17.8 Å². The number of amides is 1. The van der Waals surface area contributed by atoms with Gasteiger partial charge in [-0.15, -0.1) is 0 Å². The molecular formula is C20H24NO5-. The maximum atomic E-state index is 12.8. The van der Waals surface area contributed by atoms with Crippen LogP contribution in [0.15, 0.2) is 29.3 Å². The molecule has 1 atom stereocenters. The number of nitrogens with one attached hydrogen (secondary N) is 1. The zero-order valence-electron chi connectivity index (χ0n) is 15.4. The summed E-state index contributed by atoms with van der Waals surface area (Å²) in [5.74, 6) is -2.21. The molecule has 0 heterocycles.